The largest absolute Gasteiger partial charge is 0.480 e. The predicted octanol–water partition coefficient (Wildman–Crippen LogP) is 1.33. The van der Waals surface area contributed by atoms with Crippen molar-refractivity contribution in [1.82, 2.24) is 37.2 Å². The first-order chi connectivity index (χ1) is 37.3. The average molecular weight is 1130 g/mol. The molecule has 7 unspecified atom stereocenters. The molecule has 0 aliphatic heterocycles. The number of aliphatic carboxylic acids is 5. The van der Waals surface area contributed by atoms with E-state index in [9.17, 15) is 87.5 Å². The number of esters is 2. The van der Waals surface area contributed by atoms with Crippen LogP contribution in [0, 0.1) is 0 Å². The van der Waals surface area contributed by atoms with Gasteiger partial charge >= 0.3 is 41.8 Å². The molecule has 0 radical (unpaired) electrons. The predicted molar refractivity (Wildman–Crippen MR) is 277 cm³/mol. The van der Waals surface area contributed by atoms with E-state index in [1.807, 2.05) is 0 Å². The van der Waals surface area contributed by atoms with E-state index in [0.717, 1.165) is 39.9 Å². The fourth-order valence-electron chi connectivity index (χ4n) is 7.74. The monoisotopic (exact) mass is 1130 g/mol. The van der Waals surface area contributed by atoms with Crippen LogP contribution in [0.1, 0.15) is 181 Å². The zero-order valence-electron chi connectivity index (χ0n) is 45.7. The Morgan fingerprint density at radius 1 is 0.304 bits per heavy atom. The molecule has 0 bridgehead atoms. The Morgan fingerprint density at radius 2 is 0.519 bits per heavy atom. The normalized spacial score (nSPS) is 13.5. The number of carboxylic acids is 5. The molecule has 0 aliphatic carbocycles. The van der Waals surface area contributed by atoms with Gasteiger partial charge in [-0.3, -0.25) is 38.4 Å². The van der Waals surface area contributed by atoms with Crippen LogP contribution in [-0.2, 0) is 76.6 Å². The second-order valence-electron chi connectivity index (χ2n) is 19.0. The van der Waals surface area contributed by atoms with E-state index < -0.39 is 190 Å². The lowest BCUT2D eigenvalue weighted by Gasteiger charge is -2.20. The van der Waals surface area contributed by atoms with Crippen molar-refractivity contribution in [3.63, 3.8) is 0 Å². The summed E-state index contributed by atoms with van der Waals surface area (Å²) in [5, 5.41) is 63.3. The Bertz CT molecular complexity index is 2040. The Morgan fingerprint density at radius 3 is 0.759 bits per heavy atom. The molecule has 7 amide bonds. The molecule has 79 heavy (non-hydrogen) atoms. The van der Waals surface area contributed by atoms with Crippen LogP contribution in [0.3, 0.4) is 0 Å². The number of carbonyl (C=O) groups excluding carboxylic acids is 9. The molecule has 28 heteroatoms. The summed E-state index contributed by atoms with van der Waals surface area (Å²) in [4.78, 5) is 172. The van der Waals surface area contributed by atoms with E-state index in [1.54, 1.807) is 0 Å². The molecule has 0 fully saturated rings. The molecule has 448 valence electrons. The molecule has 0 saturated heterocycles. The number of hydrogen-bond acceptors (Lipinski definition) is 16. The number of hydrogen-bond donors (Lipinski definition) is 12. The average Bonchev–Trinajstić information content (AvgIpc) is 3.39. The van der Waals surface area contributed by atoms with Gasteiger partial charge in [-0.25, -0.2) is 28.8 Å². The summed E-state index contributed by atoms with van der Waals surface area (Å²) in [6, 6.07) is -10.6. The summed E-state index contributed by atoms with van der Waals surface area (Å²) in [6.07, 6.45) is 8.54. The number of carboxylic acid groups (broad SMARTS) is 5. The molecule has 28 nitrogen and oxygen atoms in total. The molecular weight excluding hydrogens is 1050 g/mol. The fraction of sp³-hybridized carbons (Fsp3) is 0.725. The summed E-state index contributed by atoms with van der Waals surface area (Å²) in [5.41, 5.74) is 0. The lowest BCUT2D eigenvalue weighted by atomic mass is 10.0. The van der Waals surface area contributed by atoms with Crippen LogP contribution in [0.15, 0.2) is 0 Å². The van der Waals surface area contributed by atoms with Gasteiger partial charge in [0.2, 0.25) is 41.4 Å². The van der Waals surface area contributed by atoms with Crippen LogP contribution >= 0.6 is 0 Å². The highest BCUT2D eigenvalue weighted by molar-refractivity contribution is 5.90. The van der Waals surface area contributed by atoms with Crippen molar-refractivity contribution in [2.45, 2.75) is 223 Å². The van der Waals surface area contributed by atoms with Crippen LogP contribution in [0.4, 0.5) is 0 Å². The van der Waals surface area contributed by atoms with Crippen molar-refractivity contribution in [3.05, 3.63) is 0 Å². The van der Waals surface area contributed by atoms with Gasteiger partial charge in [-0.2, -0.15) is 0 Å². The van der Waals surface area contributed by atoms with Crippen molar-refractivity contribution in [1.29, 1.82) is 0 Å². The first-order valence-corrected chi connectivity index (χ1v) is 26.7. The van der Waals surface area contributed by atoms with Crippen LogP contribution in [-0.4, -0.2) is 165 Å². The molecule has 0 heterocycles. The maximum absolute atomic E-state index is 12.9. The number of carbonyl (C=O) groups is 14. The maximum Gasteiger partial charge on any atom is 0.328 e. The molecule has 7 atom stereocenters. The molecule has 0 spiro atoms. The third-order valence-corrected chi connectivity index (χ3v) is 12.4. The van der Waals surface area contributed by atoms with E-state index in [-0.39, 0.29) is 19.3 Å². The third kappa shape index (κ3) is 34.9. The highest BCUT2D eigenvalue weighted by atomic mass is 16.5. The lowest BCUT2D eigenvalue weighted by Crippen LogP contribution is -2.46. The number of nitrogens with one attached hydrogen (secondary N) is 7. The summed E-state index contributed by atoms with van der Waals surface area (Å²) in [5.74, 6) is -15.3. The minimum Gasteiger partial charge on any atom is -0.480 e. The highest BCUT2D eigenvalue weighted by Gasteiger charge is 2.30. The van der Waals surface area contributed by atoms with Gasteiger partial charge in [0.05, 0.1) is 14.2 Å². The second-order valence-corrected chi connectivity index (χ2v) is 19.0. The molecular formula is C51H83N7O21. The number of methoxy groups -OCH3 is 2. The summed E-state index contributed by atoms with van der Waals surface area (Å²) in [7, 11) is 1.97. The maximum atomic E-state index is 12.9. The van der Waals surface area contributed by atoms with Crippen molar-refractivity contribution >= 4 is 83.1 Å². The Balaban J connectivity index is 5.07. The number of rotatable bonds is 46. The van der Waals surface area contributed by atoms with Crippen molar-refractivity contribution < 1.29 is 102 Å². The third-order valence-electron chi connectivity index (χ3n) is 12.4. The van der Waals surface area contributed by atoms with E-state index >= 15 is 0 Å². The molecule has 0 aliphatic rings. The van der Waals surface area contributed by atoms with Crippen LogP contribution in [0.5, 0.6) is 0 Å². The quantitative estimate of drug-likeness (QED) is 0.0302. The number of amides is 7. The van der Waals surface area contributed by atoms with E-state index in [4.69, 9.17) is 5.11 Å². The fourth-order valence-corrected chi connectivity index (χ4v) is 7.74. The van der Waals surface area contributed by atoms with Crippen LogP contribution < -0.4 is 37.2 Å². The molecule has 0 aromatic heterocycles. The first kappa shape index (κ1) is 71.6. The zero-order valence-corrected chi connectivity index (χ0v) is 45.7. The van der Waals surface area contributed by atoms with Crippen molar-refractivity contribution in [3.8, 4) is 0 Å². The topological polar surface area (TPSA) is 443 Å². The zero-order chi connectivity index (χ0) is 59.9. The molecule has 0 aromatic carbocycles. The van der Waals surface area contributed by atoms with Crippen LogP contribution in [0.2, 0.25) is 0 Å². The van der Waals surface area contributed by atoms with Gasteiger partial charge < -0.3 is 72.2 Å². The SMILES string of the molecule is CCCCCCCCCCCCCCCC(=O)NC(CCC(=O)NC(CCC(=O)NC(CCC(=O)NC(CCC(=O)NC(CCC(=O)NC(CCC(=O)NC(C)C(=O)O)C(=O)OC)C(=O)O)C(=O)O)C(=O)OC)C(=O)O)C(=O)O. The second kappa shape index (κ2) is 41.6. The summed E-state index contributed by atoms with van der Waals surface area (Å²) in [6.45, 7) is 3.40. The van der Waals surface area contributed by atoms with Gasteiger partial charge in [0.1, 0.15) is 42.3 Å². The minimum atomic E-state index is -1.72. The molecule has 0 rings (SSSR count). The summed E-state index contributed by atoms with van der Waals surface area (Å²) < 4.78 is 9.30. The van der Waals surface area contributed by atoms with E-state index in [0.29, 0.717) is 6.42 Å². The van der Waals surface area contributed by atoms with Gasteiger partial charge in [-0.05, 0) is 51.9 Å². The first-order valence-electron chi connectivity index (χ1n) is 26.7. The standard InChI is InChI=1S/C51H83N7O21/c1-5-6-7-8-9-10-11-12-13-14-15-16-17-18-38(59)53-32(46(68)69)19-25-40(61)54-34(48(72)73)22-28-44(65)58-37(51(77)79-4)24-30-42(63)56-33(47(70)71)20-26-41(62)55-35(49(74)75)21-27-43(64)57-36(50(76)78-3)23-29-39(60)52-31(2)45(66)67/h31-37H,5-30H2,1-4H3,(H,52,60)(H,53,59)(H,54,61)(H,55,62)(H,56,63)(H,57,64)(H,58,65)(H,66,67)(H,68,69)(H,70,71)(H,72,73)(H,74,75). The minimum absolute atomic E-state index is 0.100. The highest BCUT2D eigenvalue weighted by Crippen LogP contribution is 2.14. The number of ether oxygens (including phenoxy) is 2. The van der Waals surface area contributed by atoms with Gasteiger partial charge in [0.15, 0.2) is 0 Å². The van der Waals surface area contributed by atoms with Crippen LogP contribution in [0.25, 0.3) is 0 Å². The summed E-state index contributed by atoms with van der Waals surface area (Å²) >= 11 is 0. The lowest BCUT2D eigenvalue weighted by molar-refractivity contribution is -0.146. The Hall–Kier alpha value is -7.42. The van der Waals surface area contributed by atoms with Gasteiger partial charge in [-0.15, -0.1) is 0 Å². The smallest absolute Gasteiger partial charge is 0.328 e. The molecule has 12 N–H and O–H groups in total. The Kier molecular flexibility index (Phi) is 37.7. The van der Waals surface area contributed by atoms with Gasteiger partial charge in [0.25, 0.3) is 0 Å². The van der Waals surface area contributed by atoms with Crippen molar-refractivity contribution in [2.24, 2.45) is 0 Å². The van der Waals surface area contributed by atoms with Gasteiger partial charge in [-0.1, -0.05) is 84.0 Å². The van der Waals surface area contributed by atoms with Gasteiger partial charge in [0, 0.05) is 44.9 Å². The molecule has 0 aromatic rings. The molecule has 0 saturated carbocycles. The van der Waals surface area contributed by atoms with E-state index in [1.165, 1.54) is 58.3 Å². The van der Waals surface area contributed by atoms with E-state index in [2.05, 4.69) is 53.6 Å². The Labute approximate surface area is 458 Å². The number of unbranched alkanes of at least 4 members (excludes halogenated alkanes) is 12. The van der Waals surface area contributed by atoms with Crippen molar-refractivity contribution in [2.75, 3.05) is 14.2 Å².